The second-order valence-corrected chi connectivity index (χ2v) is 4.16. The summed E-state index contributed by atoms with van der Waals surface area (Å²) in [6.07, 6.45) is 2.31. The van der Waals surface area contributed by atoms with Crippen LogP contribution in [-0.4, -0.2) is 16.4 Å². The first-order chi connectivity index (χ1) is 6.55. The summed E-state index contributed by atoms with van der Waals surface area (Å²) in [5, 5.41) is 3.02. The number of nitrogens with one attached hydrogen (secondary N) is 1. The fourth-order valence-electron chi connectivity index (χ4n) is 1.10. The van der Waals surface area contributed by atoms with Crippen molar-refractivity contribution in [3.05, 3.63) is 24.1 Å². The van der Waals surface area contributed by atoms with Crippen LogP contribution in [0.2, 0.25) is 0 Å². The molecule has 0 aromatic carbocycles. The van der Waals surface area contributed by atoms with Gasteiger partial charge in [0.25, 0.3) is 0 Å². The van der Waals surface area contributed by atoms with Crippen molar-refractivity contribution in [2.24, 2.45) is 0 Å². The third kappa shape index (κ3) is 3.14. The minimum absolute atomic E-state index is 0.239. The Morgan fingerprint density at radius 3 is 2.86 bits per heavy atom. The molecule has 14 heavy (non-hydrogen) atoms. The molecule has 0 radical (unpaired) electrons. The molecule has 1 N–H and O–H groups in total. The van der Waals surface area contributed by atoms with Crippen molar-refractivity contribution >= 4 is 17.4 Å². The Labute approximate surface area is 88.5 Å². The number of hydrogen-bond acceptors (Lipinski definition) is 2. The molecular weight excluding hydrogens is 203 g/mol. The molecule has 1 heterocycles. The second-order valence-electron chi connectivity index (χ2n) is 3.78. The molecule has 0 spiro atoms. The topological polar surface area (TPSA) is 24.9 Å². The third-order valence-corrected chi connectivity index (χ3v) is 2.12. The van der Waals surface area contributed by atoms with Gasteiger partial charge in [-0.25, -0.2) is 9.37 Å². The first-order valence-corrected chi connectivity index (χ1v) is 5.03. The molecule has 0 unspecified atom stereocenters. The van der Waals surface area contributed by atoms with Crippen molar-refractivity contribution < 1.29 is 4.39 Å². The number of alkyl halides is 1. The van der Waals surface area contributed by atoms with Crippen molar-refractivity contribution in [2.75, 3.05) is 11.2 Å². The Kier molecular flexibility index (Phi) is 3.69. The highest BCUT2D eigenvalue weighted by Gasteiger charge is 2.18. The molecule has 0 aliphatic rings. The summed E-state index contributed by atoms with van der Waals surface area (Å²) in [6.45, 7) is 3.92. The van der Waals surface area contributed by atoms with Crippen LogP contribution in [0.3, 0.4) is 0 Å². The minimum Gasteiger partial charge on any atom is -0.363 e. The van der Waals surface area contributed by atoms with E-state index in [1.54, 1.807) is 12.3 Å². The maximum absolute atomic E-state index is 13.2. The Morgan fingerprint density at radius 2 is 2.29 bits per heavy atom. The van der Waals surface area contributed by atoms with Gasteiger partial charge in [0.2, 0.25) is 0 Å². The highest BCUT2D eigenvalue weighted by Crippen LogP contribution is 2.18. The zero-order chi connectivity index (χ0) is 10.6. The van der Waals surface area contributed by atoms with Crippen LogP contribution >= 0.6 is 11.6 Å². The second kappa shape index (κ2) is 4.60. The summed E-state index contributed by atoms with van der Waals surface area (Å²) in [5.41, 5.74) is -0.239. The highest BCUT2D eigenvalue weighted by atomic mass is 35.5. The molecule has 2 nitrogen and oxygen atoms in total. The molecule has 0 aliphatic carbocycles. The fourth-order valence-corrected chi connectivity index (χ4v) is 1.57. The van der Waals surface area contributed by atoms with Gasteiger partial charge in [0, 0.05) is 17.6 Å². The number of pyridine rings is 1. The van der Waals surface area contributed by atoms with Crippen LogP contribution in [0.1, 0.15) is 20.3 Å². The molecule has 0 saturated carbocycles. The molecule has 0 aliphatic heterocycles. The van der Waals surface area contributed by atoms with E-state index < -0.39 is 0 Å². The van der Waals surface area contributed by atoms with Gasteiger partial charge in [0.15, 0.2) is 11.6 Å². The number of halogens is 2. The molecule has 78 valence electrons. The van der Waals surface area contributed by atoms with Crippen LogP contribution < -0.4 is 5.32 Å². The van der Waals surface area contributed by atoms with E-state index in [2.05, 4.69) is 10.3 Å². The molecule has 0 amide bonds. The number of rotatable bonds is 4. The maximum Gasteiger partial charge on any atom is 0.165 e. The van der Waals surface area contributed by atoms with Crippen LogP contribution in [0.5, 0.6) is 0 Å². The Balaban J connectivity index is 2.73. The standard InChI is InChI=1S/C10H14ClFN2/c1-10(2,5-6-11)14-9-8(12)4-3-7-13-9/h3-4,7H,5-6H2,1-2H3,(H,13,14). The van der Waals surface area contributed by atoms with Gasteiger partial charge < -0.3 is 5.32 Å². The van der Waals surface area contributed by atoms with Crippen molar-refractivity contribution in [2.45, 2.75) is 25.8 Å². The van der Waals surface area contributed by atoms with Crippen LogP contribution in [0, 0.1) is 5.82 Å². The van der Waals surface area contributed by atoms with Crippen molar-refractivity contribution in [3.8, 4) is 0 Å². The van der Waals surface area contributed by atoms with E-state index in [4.69, 9.17) is 11.6 Å². The smallest absolute Gasteiger partial charge is 0.165 e. The van der Waals surface area contributed by atoms with Gasteiger partial charge in [-0.2, -0.15) is 0 Å². The molecule has 1 aromatic heterocycles. The molecule has 0 atom stereocenters. The number of aromatic nitrogens is 1. The van der Waals surface area contributed by atoms with E-state index in [0.717, 1.165) is 6.42 Å². The fraction of sp³-hybridized carbons (Fsp3) is 0.500. The Morgan fingerprint density at radius 1 is 1.57 bits per heavy atom. The van der Waals surface area contributed by atoms with Gasteiger partial charge in [-0.1, -0.05) is 0 Å². The maximum atomic E-state index is 13.2. The number of hydrogen-bond donors (Lipinski definition) is 1. The SMILES string of the molecule is CC(C)(CCCl)Nc1ncccc1F. The molecule has 4 heteroatoms. The Bertz CT molecular complexity index is 302. The normalized spacial score (nSPS) is 11.4. The summed E-state index contributed by atoms with van der Waals surface area (Å²) in [5.74, 6) is 0.479. The molecule has 0 saturated heterocycles. The zero-order valence-corrected chi connectivity index (χ0v) is 9.11. The zero-order valence-electron chi connectivity index (χ0n) is 8.35. The van der Waals surface area contributed by atoms with Crippen molar-refractivity contribution in [3.63, 3.8) is 0 Å². The first-order valence-electron chi connectivity index (χ1n) is 4.50. The lowest BCUT2D eigenvalue weighted by molar-refractivity contribution is 0.536. The van der Waals surface area contributed by atoms with Crippen LogP contribution in [0.25, 0.3) is 0 Å². The summed E-state index contributed by atoms with van der Waals surface area (Å²) >= 11 is 5.64. The van der Waals surface area contributed by atoms with E-state index in [9.17, 15) is 4.39 Å². The predicted octanol–water partition coefficient (Wildman–Crippen LogP) is 3.04. The van der Waals surface area contributed by atoms with Crippen LogP contribution in [-0.2, 0) is 0 Å². The summed E-state index contributed by atoms with van der Waals surface area (Å²) < 4.78 is 13.2. The van der Waals surface area contributed by atoms with Gasteiger partial charge in [0.05, 0.1) is 0 Å². The molecule has 1 rings (SSSR count). The number of anilines is 1. The van der Waals surface area contributed by atoms with E-state index >= 15 is 0 Å². The average Bonchev–Trinajstić information content (AvgIpc) is 2.08. The minimum atomic E-state index is -0.338. The van der Waals surface area contributed by atoms with E-state index in [1.165, 1.54) is 6.07 Å². The van der Waals surface area contributed by atoms with Gasteiger partial charge in [-0.15, -0.1) is 11.6 Å². The Hall–Kier alpha value is -0.830. The van der Waals surface area contributed by atoms with E-state index in [-0.39, 0.29) is 17.2 Å². The lowest BCUT2D eigenvalue weighted by Crippen LogP contribution is -2.32. The predicted molar refractivity (Wildman–Crippen MR) is 57.2 cm³/mol. The third-order valence-electron chi connectivity index (χ3n) is 1.93. The van der Waals surface area contributed by atoms with Gasteiger partial charge in [0.1, 0.15) is 0 Å². The van der Waals surface area contributed by atoms with Gasteiger partial charge >= 0.3 is 0 Å². The summed E-state index contributed by atoms with van der Waals surface area (Å²) in [4.78, 5) is 3.92. The largest absolute Gasteiger partial charge is 0.363 e. The summed E-state index contributed by atoms with van der Waals surface area (Å²) in [7, 11) is 0. The van der Waals surface area contributed by atoms with Crippen LogP contribution in [0.4, 0.5) is 10.2 Å². The van der Waals surface area contributed by atoms with Crippen molar-refractivity contribution in [1.82, 2.24) is 4.98 Å². The van der Waals surface area contributed by atoms with Gasteiger partial charge in [-0.3, -0.25) is 0 Å². The van der Waals surface area contributed by atoms with Gasteiger partial charge in [-0.05, 0) is 32.4 Å². The lowest BCUT2D eigenvalue weighted by atomic mass is 10.0. The molecular formula is C10H14ClFN2. The van der Waals surface area contributed by atoms with Crippen molar-refractivity contribution in [1.29, 1.82) is 0 Å². The monoisotopic (exact) mass is 216 g/mol. The van der Waals surface area contributed by atoms with E-state index in [0.29, 0.717) is 5.88 Å². The highest BCUT2D eigenvalue weighted by molar-refractivity contribution is 6.17. The number of nitrogens with zero attached hydrogens (tertiary/aromatic N) is 1. The molecule has 0 bridgehead atoms. The van der Waals surface area contributed by atoms with Crippen LogP contribution in [0.15, 0.2) is 18.3 Å². The molecule has 1 aromatic rings. The lowest BCUT2D eigenvalue weighted by Gasteiger charge is -2.26. The first kappa shape index (κ1) is 11.2. The summed E-state index contributed by atoms with van der Waals surface area (Å²) in [6, 6.07) is 2.95. The quantitative estimate of drug-likeness (QED) is 0.783. The van der Waals surface area contributed by atoms with E-state index in [1.807, 2.05) is 13.8 Å². The average molecular weight is 217 g/mol. The molecule has 0 fully saturated rings.